The van der Waals surface area contributed by atoms with Gasteiger partial charge in [-0.1, -0.05) is 0 Å². The third-order valence-corrected chi connectivity index (χ3v) is 5.25. The SMILES string of the molecule is CCn1cc(C(=O)N2C[C@H](c3n[nH]c(COC)n3)[C@@H](C3CC3)C2)cn1. The van der Waals surface area contributed by atoms with Gasteiger partial charge in [0.25, 0.3) is 5.91 Å². The zero-order valence-corrected chi connectivity index (χ0v) is 14.7. The van der Waals surface area contributed by atoms with Crippen LogP contribution < -0.4 is 0 Å². The molecular weight excluding hydrogens is 320 g/mol. The van der Waals surface area contributed by atoms with E-state index in [1.807, 2.05) is 18.0 Å². The van der Waals surface area contributed by atoms with Gasteiger partial charge in [-0.15, -0.1) is 0 Å². The van der Waals surface area contributed by atoms with Gasteiger partial charge >= 0.3 is 0 Å². The minimum absolute atomic E-state index is 0.0560. The number of nitrogens with one attached hydrogen (secondary N) is 1. The summed E-state index contributed by atoms with van der Waals surface area (Å²) in [4.78, 5) is 19.4. The number of hydrogen-bond donors (Lipinski definition) is 1. The molecule has 8 heteroatoms. The van der Waals surface area contributed by atoms with Crippen molar-refractivity contribution in [3.05, 3.63) is 29.6 Å². The summed E-state index contributed by atoms with van der Waals surface area (Å²) in [5.74, 6) is 2.92. The monoisotopic (exact) mass is 344 g/mol. The Morgan fingerprint density at radius 3 is 2.92 bits per heavy atom. The molecule has 1 saturated carbocycles. The number of ether oxygens (including phenoxy) is 1. The summed E-state index contributed by atoms with van der Waals surface area (Å²) in [6, 6.07) is 0. The maximum absolute atomic E-state index is 12.9. The highest BCUT2D eigenvalue weighted by Crippen LogP contribution is 2.47. The molecule has 2 fully saturated rings. The Labute approximate surface area is 146 Å². The second-order valence-electron chi connectivity index (χ2n) is 6.98. The Bertz CT molecular complexity index is 750. The average molecular weight is 344 g/mol. The summed E-state index contributed by atoms with van der Waals surface area (Å²) in [5, 5.41) is 11.6. The van der Waals surface area contributed by atoms with E-state index < -0.39 is 0 Å². The molecule has 1 saturated heterocycles. The van der Waals surface area contributed by atoms with E-state index in [0.717, 1.165) is 24.7 Å². The van der Waals surface area contributed by atoms with Gasteiger partial charge in [0, 0.05) is 38.9 Å². The molecule has 2 atom stereocenters. The average Bonchev–Trinajstić information content (AvgIpc) is 3.06. The Balaban J connectivity index is 1.52. The van der Waals surface area contributed by atoms with Crippen molar-refractivity contribution < 1.29 is 9.53 Å². The lowest BCUT2D eigenvalue weighted by Crippen LogP contribution is -2.28. The largest absolute Gasteiger partial charge is 0.377 e. The van der Waals surface area contributed by atoms with E-state index in [9.17, 15) is 4.79 Å². The van der Waals surface area contributed by atoms with Crippen LogP contribution in [0.3, 0.4) is 0 Å². The van der Waals surface area contributed by atoms with Gasteiger partial charge in [-0.3, -0.25) is 14.6 Å². The number of methoxy groups -OCH3 is 1. The Hall–Kier alpha value is -2.22. The van der Waals surface area contributed by atoms with Crippen molar-refractivity contribution in [1.29, 1.82) is 0 Å². The van der Waals surface area contributed by atoms with Gasteiger partial charge in [0.15, 0.2) is 11.6 Å². The van der Waals surface area contributed by atoms with E-state index in [4.69, 9.17) is 4.74 Å². The molecule has 2 aromatic rings. The minimum Gasteiger partial charge on any atom is -0.377 e. The summed E-state index contributed by atoms with van der Waals surface area (Å²) in [5.41, 5.74) is 0.659. The molecule has 4 rings (SSSR count). The second kappa shape index (κ2) is 6.59. The normalized spacial score (nSPS) is 23.4. The van der Waals surface area contributed by atoms with E-state index in [0.29, 0.717) is 30.6 Å². The van der Waals surface area contributed by atoms with Gasteiger partial charge < -0.3 is 9.64 Å². The highest BCUT2D eigenvalue weighted by molar-refractivity contribution is 5.94. The van der Waals surface area contributed by atoms with E-state index in [-0.39, 0.29) is 11.8 Å². The lowest BCUT2D eigenvalue weighted by Gasteiger charge is -2.15. The summed E-state index contributed by atoms with van der Waals surface area (Å²) < 4.78 is 6.90. The van der Waals surface area contributed by atoms with Crippen molar-refractivity contribution in [2.24, 2.45) is 11.8 Å². The van der Waals surface area contributed by atoms with Crippen molar-refractivity contribution in [2.75, 3.05) is 20.2 Å². The molecule has 0 unspecified atom stereocenters. The van der Waals surface area contributed by atoms with Crippen molar-refractivity contribution in [3.8, 4) is 0 Å². The van der Waals surface area contributed by atoms with Crippen LogP contribution in [0.15, 0.2) is 12.4 Å². The van der Waals surface area contributed by atoms with Crippen LogP contribution in [-0.4, -0.2) is 56.0 Å². The number of amides is 1. The molecule has 1 N–H and O–H groups in total. The lowest BCUT2D eigenvalue weighted by atomic mass is 9.91. The van der Waals surface area contributed by atoms with Gasteiger partial charge in [-0.2, -0.15) is 10.2 Å². The van der Waals surface area contributed by atoms with E-state index in [2.05, 4.69) is 20.3 Å². The first kappa shape index (κ1) is 16.3. The molecule has 8 nitrogen and oxygen atoms in total. The summed E-state index contributed by atoms with van der Waals surface area (Å²) in [6.45, 7) is 4.64. The van der Waals surface area contributed by atoms with Gasteiger partial charge in [0.05, 0.1) is 11.8 Å². The number of aromatic amines is 1. The molecule has 0 aromatic carbocycles. The standard InChI is InChI=1S/C17H24N6O2/c1-3-23-7-12(6-18-23)17(24)22-8-13(11-4-5-11)14(9-22)16-19-15(10-25-2)20-21-16/h6-7,11,13-14H,3-5,8-10H2,1-2H3,(H,19,20,21)/t13-,14+/m1/s1. The molecule has 134 valence electrons. The fourth-order valence-corrected chi connectivity index (χ4v) is 3.78. The molecule has 1 amide bonds. The summed E-state index contributed by atoms with van der Waals surface area (Å²) in [7, 11) is 1.64. The first-order valence-electron chi connectivity index (χ1n) is 8.91. The molecule has 1 aliphatic carbocycles. The molecule has 0 radical (unpaired) electrons. The van der Waals surface area contributed by atoms with Crippen LogP contribution in [-0.2, 0) is 17.9 Å². The topological polar surface area (TPSA) is 88.9 Å². The highest BCUT2D eigenvalue weighted by atomic mass is 16.5. The lowest BCUT2D eigenvalue weighted by molar-refractivity contribution is 0.0784. The number of aryl methyl sites for hydroxylation is 1. The van der Waals surface area contributed by atoms with Crippen molar-refractivity contribution in [3.63, 3.8) is 0 Å². The third kappa shape index (κ3) is 3.18. The Morgan fingerprint density at radius 2 is 2.24 bits per heavy atom. The predicted octanol–water partition coefficient (Wildman–Crippen LogP) is 1.43. The molecule has 0 spiro atoms. The van der Waals surface area contributed by atoms with Crippen LogP contribution >= 0.6 is 0 Å². The predicted molar refractivity (Wildman–Crippen MR) is 89.9 cm³/mol. The number of rotatable bonds is 6. The van der Waals surface area contributed by atoms with Crippen LogP contribution in [0.1, 0.15) is 47.7 Å². The molecule has 3 heterocycles. The van der Waals surface area contributed by atoms with Crippen LogP contribution in [0.5, 0.6) is 0 Å². The quantitative estimate of drug-likeness (QED) is 0.856. The summed E-state index contributed by atoms with van der Waals surface area (Å²) >= 11 is 0. The zero-order chi connectivity index (χ0) is 17.4. The number of likely N-dealkylation sites (tertiary alicyclic amines) is 1. The fourth-order valence-electron chi connectivity index (χ4n) is 3.78. The van der Waals surface area contributed by atoms with Crippen LogP contribution in [0, 0.1) is 11.8 Å². The number of aromatic nitrogens is 5. The van der Waals surface area contributed by atoms with Crippen LogP contribution in [0.25, 0.3) is 0 Å². The molecule has 1 aliphatic heterocycles. The number of hydrogen-bond acceptors (Lipinski definition) is 5. The maximum Gasteiger partial charge on any atom is 0.257 e. The van der Waals surface area contributed by atoms with E-state index in [1.165, 1.54) is 12.8 Å². The first-order chi connectivity index (χ1) is 12.2. The molecule has 0 bridgehead atoms. The van der Waals surface area contributed by atoms with Crippen LogP contribution in [0.2, 0.25) is 0 Å². The smallest absolute Gasteiger partial charge is 0.257 e. The van der Waals surface area contributed by atoms with Gasteiger partial charge in [-0.25, -0.2) is 4.98 Å². The molecule has 2 aromatic heterocycles. The first-order valence-corrected chi connectivity index (χ1v) is 8.91. The minimum atomic E-state index is 0.0560. The fraction of sp³-hybridized carbons (Fsp3) is 0.647. The van der Waals surface area contributed by atoms with Gasteiger partial charge in [0.2, 0.25) is 0 Å². The third-order valence-electron chi connectivity index (χ3n) is 5.25. The number of carbonyl (C=O) groups is 1. The Kier molecular flexibility index (Phi) is 4.29. The van der Waals surface area contributed by atoms with Crippen molar-refractivity contribution in [1.82, 2.24) is 29.9 Å². The number of carbonyl (C=O) groups excluding carboxylic acids is 1. The van der Waals surface area contributed by atoms with Crippen molar-refractivity contribution in [2.45, 2.75) is 38.8 Å². The molecule has 25 heavy (non-hydrogen) atoms. The molecule has 2 aliphatic rings. The zero-order valence-electron chi connectivity index (χ0n) is 14.7. The maximum atomic E-state index is 12.9. The van der Waals surface area contributed by atoms with E-state index >= 15 is 0 Å². The summed E-state index contributed by atoms with van der Waals surface area (Å²) in [6.07, 6.45) is 5.97. The van der Waals surface area contributed by atoms with Crippen molar-refractivity contribution >= 4 is 5.91 Å². The Morgan fingerprint density at radius 1 is 1.40 bits per heavy atom. The number of nitrogens with zero attached hydrogens (tertiary/aromatic N) is 5. The number of H-pyrrole nitrogens is 1. The highest BCUT2D eigenvalue weighted by Gasteiger charge is 2.46. The molecular formula is C17H24N6O2. The van der Waals surface area contributed by atoms with Crippen LogP contribution in [0.4, 0.5) is 0 Å². The second-order valence-corrected chi connectivity index (χ2v) is 6.98. The van der Waals surface area contributed by atoms with Gasteiger partial charge in [0.1, 0.15) is 6.61 Å². The van der Waals surface area contributed by atoms with E-state index in [1.54, 1.807) is 18.0 Å². The van der Waals surface area contributed by atoms with Gasteiger partial charge in [-0.05, 0) is 31.6 Å².